The summed E-state index contributed by atoms with van der Waals surface area (Å²) in [5.74, 6) is 0. The molecule has 1 saturated heterocycles. The van der Waals surface area contributed by atoms with E-state index in [9.17, 15) is 0 Å². The van der Waals surface area contributed by atoms with Crippen LogP contribution in [0.25, 0.3) is 11.2 Å². The largest absolute Gasteiger partial charge is 0.355 e. The molecule has 2 unspecified atom stereocenters. The molecule has 2 atom stereocenters. The van der Waals surface area contributed by atoms with Crippen molar-refractivity contribution in [3.8, 4) is 0 Å². The Labute approximate surface area is 104 Å². The lowest BCUT2D eigenvalue weighted by atomic mass is 10.2. The first-order chi connectivity index (χ1) is 8.29. The van der Waals surface area contributed by atoms with Crippen LogP contribution >= 0.6 is 12.2 Å². The third kappa shape index (κ3) is 1.77. The minimum absolute atomic E-state index is 0.0676. The van der Waals surface area contributed by atoms with Gasteiger partial charge in [-0.3, -0.25) is 4.57 Å². The fourth-order valence-electron chi connectivity index (χ4n) is 2.28. The summed E-state index contributed by atoms with van der Waals surface area (Å²) in [6.07, 6.45) is 7.00. The lowest BCUT2D eigenvalue weighted by Gasteiger charge is -2.14. The van der Waals surface area contributed by atoms with Gasteiger partial charge in [-0.05, 0) is 19.3 Å². The van der Waals surface area contributed by atoms with Crippen LogP contribution in [0, 0.1) is 4.64 Å². The molecular weight excluding hydrogens is 236 g/mol. The number of rotatable bonds is 2. The van der Waals surface area contributed by atoms with Crippen LogP contribution in [0.5, 0.6) is 0 Å². The third-order valence-electron chi connectivity index (χ3n) is 3.23. The van der Waals surface area contributed by atoms with E-state index in [1.54, 1.807) is 12.7 Å². The first kappa shape index (κ1) is 10.9. The number of imidazole rings is 1. The van der Waals surface area contributed by atoms with Gasteiger partial charge in [0.1, 0.15) is 17.4 Å². The van der Waals surface area contributed by atoms with Crippen LogP contribution in [-0.2, 0) is 4.74 Å². The van der Waals surface area contributed by atoms with Crippen molar-refractivity contribution in [1.29, 1.82) is 0 Å². The quantitative estimate of drug-likeness (QED) is 0.832. The molecule has 1 aliphatic rings. The summed E-state index contributed by atoms with van der Waals surface area (Å²) in [6.45, 7) is 2.15. The number of nitrogens with one attached hydrogen (secondary N) is 1. The molecule has 1 aliphatic heterocycles. The first-order valence-corrected chi connectivity index (χ1v) is 6.26. The minimum atomic E-state index is 0.0676. The second-order valence-electron chi connectivity index (χ2n) is 4.26. The summed E-state index contributed by atoms with van der Waals surface area (Å²) >= 11 is 5.14. The van der Waals surface area contributed by atoms with Crippen LogP contribution in [0.4, 0.5) is 0 Å². The van der Waals surface area contributed by atoms with Gasteiger partial charge in [0, 0.05) is 0 Å². The number of fused-ring (bicyclic) bond motifs is 1. The summed E-state index contributed by atoms with van der Waals surface area (Å²) in [4.78, 5) is 11.4. The molecule has 0 radical (unpaired) electrons. The molecule has 0 amide bonds. The van der Waals surface area contributed by atoms with Crippen LogP contribution in [0.1, 0.15) is 32.4 Å². The molecule has 1 fully saturated rings. The van der Waals surface area contributed by atoms with Crippen LogP contribution in [-0.4, -0.2) is 25.6 Å². The summed E-state index contributed by atoms with van der Waals surface area (Å²) in [5.41, 5.74) is 1.64. The number of ether oxygens (including phenoxy) is 1. The van der Waals surface area contributed by atoms with E-state index in [1.165, 1.54) is 0 Å². The normalized spacial score (nSPS) is 24.5. The third-order valence-corrected chi connectivity index (χ3v) is 3.53. The molecule has 3 rings (SSSR count). The van der Waals surface area contributed by atoms with Gasteiger partial charge >= 0.3 is 0 Å². The highest BCUT2D eigenvalue weighted by Gasteiger charge is 2.26. The molecule has 90 valence electrons. The molecule has 1 N–H and O–H groups in total. The standard InChI is InChI=1S/C11H14N4OS/c1-2-7-3-4-8(16-7)15-6-14-9-10(15)12-5-13-11(9)17/h5-8H,2-4H2,1H3,(H,12,13,17). The molecular formula is C11H14N4OS. The fourth-order valence-corrected chi connectivity index (χ4v) is 2.49. The Morgan fingerprint density at radius 2 is 2.41 bits per heavy atom. The lowest BCUT2D eigenvalue weighted by molar-refractivity contribution is 0.00289. The molecule has 0 saturated carbocycles. The zero-order chi connectivity index (χ0) is 11.8. The summed E-state index contributed by atoms with van der Waals surface area (Å²) in [6, 6.07) is 0. The highest BCUT2D eigenvalue weighted by atomic mass is 32.1. The van der Waals surface area contributed by atoms with E-state index in [0.717, 1.165) is 30.4 Å². The zero-order valence-electron chi connectivity index (χ0n) is 9.59. The predicted molar refractivity (Wildman–Crippen MR) is 66.1 cm³/mol. The number of H-pyrrole nitrogens is 1. The second kappa shape index (κ2) is 4.19. The van der Waals surface area contributed by atoms with E-state index in [4.69, 9.17) is 17.0 Å². The molecule has 0 bridgehead atoms. The molecule has 5 nitrogen and oxygen atoms in total. The van der Waals surface area contributed by atoms with Crippen molar-refractivity contribution in [3.05, 3.63) is 17.3 Å². The van der Waals surface area contributed by atoms with Gasteiger partial charge in [0.05, 0.1) is 18.8 Å². The van der Waals surface area contributed by atoms with Gasteiger partial charge in [-0.1, -0.05) is 19.1 Å². The van der Waals surface area contributed by atoms with Crippen LogP contribution in [0.3, 0.4) is 0 Å². The topological polar surface area (TPSA) is 55.7 Å². The molecule has 17 heavy (non-hydrogen) atoms. The van der Waals surface area contributed by atoms with Crippen molar-refractivity contribution in [3.63, 3.8) is 0 Å². The Morgan fingerprint density at radius 3 is 3.18 bits per heavy atom. The number of hydrogen-bond acceptors (Lipinski definition) is 4. The maximum absolute atomic E-state index is 5.95. The van der Waals surface area contributed by atoms with Crippen molar-refractivity contribution >= 4 is 23.4 Å². The Kier molecular flexibility index (Phi) is 2.68. The molecule has 0 spiro atoms. The number of hydrogen-bond donors (Lipinski definition) is 1. The Morgan fingerprint density at radius 1 is 1.53 bits per heavy atom. The van der Waals surface area contributed by atoms with Crippen molar-refractivity contribution in [2.45, 2.75) is 38.5 Å². The van der Waals surface area contributed by atoms with E-state index in [0.29, 0.717) is 10.7 Å². The molecule has 2 aromatic heterocycles. The van der Waals surface area contributed by atoms with Crippen LogP contribution < -0.4 is 0 Å². The van der Waals surface area contributed by atoms with Gasteiger partial charge in [-0.2, -0.15) is 0 Å². The monoisotopic (exact) mass is 250 g/mol. The van der Waals surface area contributed by atoms with E-state index >= 15 is 0 Å². The maximum atomic E-state index is 5.95. The van der Waals surface area contributed by atoms with Gasteiger partial charge in [-0.25, -0.2) is 9.97 Å². The van der Waals surface area contributed by atoms with Crippen LogP contribution in [0.15, 0.2) is 12.7 Å². The van der Waals surface area contributed by atoms with E-state index in [2.05, 4.69) is 21.9 Å². The van der Waals surface area contributed by atoms with Crippen LogP contribution in [0.2, 0.25) is 0 Å². The number of nitrogens with zero attached hydrogens (tertiary/aromatic N) is 3. The lowest BCUT2D eigenvalue weighted by Crippen LogP contribution is -2.10. The second-order valence-corrected chi connectivity index (χ2v) is 4.64. The summed E-state index contributed by atoms with van der Waals surface area (Å²) in [5, 5.41) is 0. The summed E-state index contributed by atoms with van der Waals surface area (Å²) < 4.78 is 8.50. The molecule has 0 aromatic carbocycles. The minimum Gasteiger partial charge on any atom is -0.355 e. The highest BCUT2D eigenvalue weighted by molar-refractivity contribution is 7.71. The van der Waals surface area contributed by atoms with Crippen molar-refractivity contribution in [1.82, 2.24) is 19.5 Å². The van der Waals surface area contributed by atoms with Gasteiger partial charge in [0.15, 0.2) is 4.64 Å². The van der Waals surface area contributed by atoms with Gasteiger partial charge in [0.2, 0.25) is 0 Å². The van der Waals surface area contributed by atoms with Gasteiger partial charge in [-0.15, -0.1) is 0 Å². The summed E-state index contributed by atoms with van der Waals surface area (Å²) in [7, 11) is 0. The molecule has 6 heteroatoms. The maximum Gasteiger partial charge on any atom is 0.157 e. The van der Waals surface area contributed by atoms with E-state index < -0.39 is 0 Å². The van der Waals surface area contributed by atoms with Crippen molar-refractivity contribution in [2.75, 3.05) is 0 Å². The predicted octanol–water partition coefficient (Wildman–Crippen LogP) is 2.58. The Balaban J connectivity index is 2.02. The molecule has 0 aliphatic carbocycles. The van der Waals surface area contributed by atoms with Crippen molar-refractivity contribution < 1.29 is 4.74 Å². The van der Waals surface area contributed by atoms with Gasteiger partial charge < -0.3 is 9.72 Å². The molecule has 3 heterocycles. The average Bonchev–Trinajstić information content (AvgIpc) is 2.94. The smallest absolute Gasteiger partial charge is 0.157 e. The van der Waals surface area contributed by atoms with Gasteiger partial charge in [0.25, 0.3) is 0 Å². The highest BCUT2D eigenvalue weighted by Crippen LogP contribution is 2.31. The zero-order valence-corrected chi connectivity index (χ0v) is 10.4. The SMILES string of the molecule is CCC1CCC(n2cnc3c(=S)nc[nH]c32)O1. The number of aromatic amines is 1. The number of aromatic nitrogens is 4. The Hall–Kier alpha value is -1.27. The van der Waals surface area contributed by atoms with Crippen molar-refractivity contribution in [2.24, 2.45) is 0 Å². The fraction of sp³-hybridized carbons (Fsp3) is 0.545. The molecule has 2 aromatic rings. The van der Waals surface area contributed by atoms with E-state index in [-0.39, 0.29) is 6.23 Å². The van der Waals surface area contributed by atoms with E-state index in [1.807, 2.05) is 4.57 Å². The average molecular weight is 250 g/mol. The first-order valence-electron chi connectivity index (χ1n) is 5.85. The Bertz CT molecular complexity index is 590.